The van der Waals surface area contributed by atoms with Gasteiger partial charge in [0.2, 0.25) is 6.29 Å². The largest absolute Gasteiger partial charge is 0.507 e. The quantitative estimate of drug-likeness (QED) is 0.615. The van der Waals surface area contributed by atoms with Crippen molar-refractivity contribution in [1.29, 1.82) is 0 Å². The van der Waals surface area contributed by atoms with Crippen LogP contribution in [0.2, 0.25) is 0 Å². The highest BCUT2D eigenvalue weighted by Gasteiger charge is 2.48. The molecular weight excluding hydrogens is 414 g/mol. The number of ketones is 1. The number of Topliss-reactive ketones (excluding diaryl/α,β-unsaturated/α-hetero) is 1. The lowest BCUT2D eigenvalue weighted by Gasteiger charge is -2.43. The molecule has 164 valence electrons. The number of aromatic nitrogens is 1. The van der Waals surface area contributed by atoms with E-state index in [1.807, 2.05) is 19.1 Å². The molecule has 3 aromatic rings. The molecule has 0 amide bonds. The number of carbonyl (C=O) groups excluding carboxylic acids is 2. The summed E-state index contributed by atoms with van der Waals surface area (Å²) in [5.41, 5.74) is 2.33. The minimum atomic E-state index is -0.933. The Morgan fingerprint density at radius 2 is 1.91 bits per heavy atom. The minimum absolute atomic E-state index is 0.0252. The first kappa shape index (κ1) is 20.3. The molecule has 0 saturated carbocycles. The van der Waals surface area contributed by atoms with E-state index >= 15 is 0 Å². The third kappa shape index (κ3) is 2.69. The third-order valence-corrected chi connectivity index (χ3v) is 6.11. The van der Waals surface area contributed by atoms with Gasteiger partial charge in [-0.05, 0) is 43.0 Å². The van der Waals surface area contributed by atoms with Crippen LogP contribution < -0.4 is 14.2 Å². The number of phenolic OH excluding ortho intramolecular Hbond substituents is 1. The van der Waals surface area contributed by atoms with Crippen LogP contribution in [0.4, 0.5) is 0 Å². The maximum Gasteiger partial charge on any atom is 0.231 e. The normalized spacial score (nSPS) is 20.7. The first-order valence-corrected chi connectivity index (χ1v) is 10.1. The molecule has 32 heavy (non-hydrogen) atoms. The van der Waals surface area contributed by atoms with E-state index in [0.29, 0.717) is 34.5 Å². The predicted octanol–water partition coefficient (Wildman–Crippen LogP) is 3.91. The lowest BCUT2D eigenvalue weighted by molar-refractivity contribution is -0.168. The Labute approximate surface area is 183 Å². The number of ether oxygens (including phenoxy) is 4. The number of nitrogens with zero attached hydrogens (tertiary/aromatic N) is 1. The molecule has 0 saturated heterocycles. The summed E-state index contributed by atoms with van der Waals surface area (Å²) in [5, 5.41) is 12.1. The Balaban J connectivity index is 1.83. The summed E-state index contributed by atoms with van der Waals surface area (Å²) in [7, 11) is 2.94. The van der Waals surface area contributed by atoms with Crippen molar-refractivity contribution in [1.82, 2.24) is 4.98 Å². The Kier molecular flexibility index (Phi) is 4.56. The van der Waals surface area contributed by atoms with Crippen LogP contribution in [0.3, 0.4) is 0 Å². The molecule has 2 bridgehead atoms. The molecule has 8 heteroatoms. The molecule has 0 fully saturated rings. The standard InChI is InChI=1S/C24H21NO7/c1-10-5-12-6-17-20(21(29-3)14(12)8-25-10)23-18(11(2)27)13-7-16(28)15(9-26)22(30-4)19(13)24(31-17)32-23/h5-9,18,23-24,28H,1-4H3/t18-,23+,24-/m0/s1. The monoisotopic (exact) mass is 435 g/mol. The van der Waals surface area contributed by atoms with Crippen molar-refractivity contribution in [3.05, 3.63) is 52.3 Å². The van der Waals surface area contributed by atoms with E-state index in [1.54, 1.807) is 13.3 Å². The first-order valence-electron chi connectivity index (χ1n) is 10.1. The molecule has 0 spiro atoms. The van der Waals surface area contributed by atoms with Crippen LogP contribution in [0, 0.1) is 6.92 Å². The maximum atomic E-state index is 12.9. The van der Waals surface area contributed by atoms with E-state index < -0.39 is 18.3 Å². The highest BCUT2D eigenvalue weighted by atomic mass is 16.7. The van der Waals surface area contributed by atoms with Crippen molar-refractivity contribution in [3.8, 4) is 23.0 Å². The number of aromatic hydroxyl groups is 1. The molecule has 3 heterocycles. The smallest absolute Gasteiger partial charge is 0.231 e. The minimum Gasteiger partial charge on any atom is -0.507 e. The number of methoxy groups -OCH3 is 2. The lowest BCUT2D eigenvalue weighted by atomic mass is 9.78. The zero-order chi connectivity index (χ0) is 22.7. The molecule has 2 aromatic carbocycles. The van der Waals surface area contributed by atoms with Crippen molar-refractivity contribution in [2.75, 3.05) is 14.2 Å². The van der Waals surface area contributed by atoms with Gasteiger partial charge in [0.05, 0.1) is 36.8 Å². The topological polar surface area (TPSA) is 104 Å². The summed E-state index contributed by atoms with van der Waals surface area (Å²) < 4.78 is 23.6. The summed E-state index contributed by atoms with van der Waals surface area (Å²) in [6.45, 7) is 3.35. The van der Waals surface area contributed by atoms with Gasteiger partial charge in [-0.2, -0.15) is 0 Å². The van der Waals surface area contributed by atoms with Gasteiger partial charge in [-0.1, -0.05) is 0 Å². The number of phenols is 1. The Morgan fingerprint density at radius 1 is 1.16 bits per heavy atom. The van der Waals surface area contributed by atoms with Crippen molar-refractivity contribution >= 4 is 22.8 Å². The Morgan fingerprint density at radius 3 is 2.56 bits per heavy atom. The fourth-order valence-corrected chi connectivity index (χ4v) is 4.79. The van der Waals surface area contributed by atoms with Crippen LogP contribution in [0.5, 0.6) is 23.0 Å². The molecule has 0 unspecified atom stereocenters. The lowest BCUT2D eigenvalue weighted by Crippen LogP contribution is -2.35. The summed E-state index contributed by atoms with van der Waals surface area (Å²) in [5.74, 6) is -0.0564. The molecule has 1 N–H and O–H groups in total. The zero-order valence-electron chi connectivity index (χ0n) is 18.0. The molecule has 5 rings (SSSR count). The predicted molar refractivity (Wildman–Crippen MR) is 114 cm³/mol. The van der Waals surface area contributed by atoms with Gasteiger partial charge in [0.1, 0.15) is 34.9 Å². The van der Waals surface area contributed by atoms with Gasteiger partial charge in [0, 0.05) is 17.3 Å². The van der Waals surface area contributed by atoms with Crippen LogP contribution in [-0.2, 0) is 9.53 Å². The molecule has 8 nitrogen and oxygen atoms in total. The number of pyridine rings is 1. The highest BCUT2D eigenvalue weighted by Crippen LogP contribution is 2.58. The van der Waals surface area contributed by atoms with Gasteiger partial charge in [0.15, 0.2) is 6.29 Å². The second kappa shape index (κ2) is 7.20. The molecule has 3 atom stereocenters. The summed E-state index contributed by atoms with van der Waals surface area (Å²) in [6.07, 6.45) is 0.575. The van der Waals surface area contributed by atoms with Gasteiger partial charge >= 0.3 is 0 Å². The van der Waals surface area contributed by atoms with Crippen molar-refractivity contribution in [3.63, 3.8) is 0 Å². The average Bonchev–Trinajstić information content (AvgIpc) is 2.76. The molecule has 2 aliphatic heterocycles. The zero-order valence-corrected chi connectivity index (χ0v) is 18.0. The van der Waals surface area contributed by atoms with Crippen LogP contribution in [0.15, 0.2) is 24.4 Å². The first-order chi connectivity index (χ1) is 15.4. The number of benzene rings is 2. The summed E-state index contributed by atoms with van der Waals surface area (Å²) in [4.78, 5) is 28.9. The number of aryl methyl sites for hydroxylation is 1. The van der Waals surface area contributed by atoms with Gasteiger partial charge in [-0.15, -0.1) is 0 Å². The molecule has 1 aromatic heterocycles. The highest BCUT2D eigenvalue weighted by molar-refractivity contribution is 5.94. The van der Waals surface area contributed by atoms with Crippen molar-refractivity contribution in [2.45, 2.75) is 32.2 Å². The van der Waals surface area contributed by atoms with Gasteiger partial charge in [-0.3, -0.25) is 14.6 Å². The second-order valence-corrected chi connectivity index (χ2v) is 7.93. The number of hydrogen-bond donors (Lipinski definition) is 1. The summed E-state index contributed by atoms with van der Waals surface area (Å²) in [6, 6.07) is 5.22. The molecular formula is C24H21NO7. The van der Waals surface area contributed by atoms with Gasteiger partial charge in [0.25, 0.3) is 0 Å². The fourth-order valence-electron chi connectivity index (χ4n) is 4.79. The van der Waals surface area contributed by atoms with Crippen LogP contribution in [0.1, 0.15) is 58.0 Å². The Hall–Kier alpha value is -3.65. The number of fused-ring (bicyclic) bond motifs is 7. The Bertz CT molecular complexity index is 1300. The van der Waals surface area contributed by atoms with Crippen LogP contribution >= 0.6 is 0 Å². The van der Waals surface area contributed by atoms with Gasteiger partial charge in [-0.25, -0.2) is 0 Å². The van der Waals surface area contributed by atoms with Gasteiger partial charge < -0.3 is 24.1 Å². The van der Waals surface area contributed by atoms with Crippen LogP contribution in [-0.4, -0.2) is 36.4 Å². The van der Waals surface area contributed by atoms with Crippen LogP contribution in [0.25, 0.3) is 10.8 Å². The fraction of sp³-hybridized carbons (Fsp3) is 0.292. The maximum absolute atomic E-state index is 12.9. The van der Waals surface area contributed by atoms with Crippen molar-refractivity contribution in [2.24, 2.45) is 0 Å². The van der Waals surface area contributed by atoms with E-state index in [-0.39, 0.29) is 22.8 Å². The van der Waals surface area contributed by atoms with E-state index in [0.717, 1.165) is 16.5 Å². The SMILES string of the molecule is COc1c(C=O)c(O)cc2c1[C@H]1Oc3cc4cc(C)ncc4c(OC)c3[C@H](O1)[C@H]2C(C)=O. The van der Waals surface area contributed by atoms with E-state index in [2.05, 4.69) is 4.98 Å². The van der Waals surface area contributed by atoms with E-state index in [4.69, 9.17) is 18.9 Å². The van der Waals surface area contributed by atoms with E-state index in [9.17, 15) is 14.7 Å². The number of rotatable bonds is 4. The number of hydrogen-bond acceptors (Lipinski definition) is 8. The number of aldehydes is 1. The second-order valence-electron chi connectivity index (χ2n) is 7.93. The third-order valence-electron chi connectivity index (χ3n) is 6.11. The number of carbonyl (C=O) groups is 2. The molecule has 0 aliphatic carbocycles. The van der Waals surface area contributed by atoms with E-state index in [1.165, 1.54) is 20.1 Å². The average molecular weight is 435 g/mol. The molecule has 0 radical (unpaired) electrons. The van der Waals surface area contributed by atoms with Crippen molar-refractivity contribution < 1.29 is 33.6 Å². The molecule has 2 aliphatic rings. The summed E-state index contributed by atoms with van der Waals surface area (Å²) >= 11 is 0.